The highest BCUT2D eigenvalue weighted by Crippen LogP contribution is 2.24. The van der Waals surface area contributed by atoms with Gasteiger partial charge in [0.15, 0.2) is 0 Å². The van der Waals surface area contributed by atoms with Crippen molar-refractivity contribution in [1.82, 2.24) is 4.90 Å². The predicted molar refractivity (Wildman–Crippen MR) is 62.3 cm³/mol. The van der Waals surface area contributed by atoms with Crippen LogP contribution < -0.4 is 4.74 Å². The first kappa shape index (κ1) is 11.0. The van der Waals surface area contributed by atoms with Gasteiger partial charge in [0.05, 0.1) is 11.6 Å². The van der Waals surface area contributed by atoms with E-state index in [0.29, 0.717) is 12.2 Å². The lowest BCUT2D eigenvalue weighted by atomic mass is 10.2. The van der Waals surface area contributed by atoms with E-state index in [1.165, 1.54) is 12.8 Å². The van der Waals surface area contributed by atoms with Crippen LogP contribution in [0.1, 0.15) is 18.4 Å². The molecule has 84 valence electrons. The topological polar surface area (TPSA) is 36.3 Å². The lowest BCUT2D eigenvalue weighted by Crippen LogP contribution is -2.26. The molecular formula is C13H16N2O. The van der Waals surface area contributed by atoms with Crippen LogP contribution in [0, 0.1) is 11.3 Å². The van der Waals surface area contributed by atoms with Crippen molar-refractivity contribution in [2.24, 2.45) is 0 Å². The first-order chi connectivity index (χ1) is 7.79. The first-order valence-electron chi connectivity index (χ1n) is 5.63. The molecule has 1 saturated carbocycles. The molecule has 0 atom stereocenters. The van der Waals surface area contributed by atoms with E-state index < -0.39 is 0 Å². The van der Waals surface area contributed by atoms with Gasteiger partial charge in [-0.05, 0) is 44.2 Å². The molecule has 1 fully saturated rings. The summed E-state index contributed by atoms with van der Waals surface area (Å²) in [6, 6.07) is 10.1. The lowest BCUT2D eigenvalue weighted by Gasteiger charge is -2.15. The number of benzene rings is 1. The minimum absolute atomic E-state index is 0.669. The number of nitrogens with zero attached hydrogens (tertiary/aromatic N) is 2. The summed E-state index contributed by atoms with van der Waals surface area (Å²) in [5, 5.41) is 8.65. The fourth-order valence-electron chi connectivity index (χ4n) is 1.63. The Bertz CT molecular complexity index is 376. The molecule has 0 unspecified atom stereocenters. The maximum Gasteiger partial charge on any atom is 0.119 e. The Morgan fingerprint density at radius 3 is 2.62 bits per heavy atom. The molecule has 0 spiro atoms. The molecule has 1 aliphatic carbocycles. The molecule has 2 rings (SSSR count). The van der Waals surface area contributed by atoms with Crippen LogP contribution in [0.4, 0.5) is 0 Å². The molecule has 16 heavy (non-hydrogen) atoms. The van der Waals surface area contributed by atoms with Crippen LogP contribution in [0.25, 0.3) is 0 Å². The number of nitriles is 1. The molecule has 1 aromatic carbocycles. The lowest BCUT2D eigenvalue weighted by molar-refractivity contribution is 0.232. The maximum atomic E-state index is 8.65. The maximum absolute atomic E-state index is 8.65. The van der Waals surface area contributed by atoms with E-state index in [0.717, 1.165) is 18.3 Å². The second-order valence-corrected chi connectivity index (χ2v) is 4.20. The van der Waals surface area contributed by atoms with Crippen LogP contribution in [0.15, 0.2) is 24.3 Å². The molecule has 1 aromatic rings. The summed E-state index contributed by atoms with van der Waals surface area (Å²) in [4.78, 5) is 2.34. The average molecular weight is 216 g/mol. The third kappa shape index (κ3) is 2.98. The van der Waals surface area contributed by atoms with Gasteiger partial charge in [0.25, 0.3) is 0 Å². The summed E-state index contributed by atoms with van der Waals surface area (Å²) in [5.74, 6) is 0.836. The number of ether oxygens (including phenoxy) is 1. The summed E-state index contributed by atoms with van der Waals surface area (Å²) in [5.41, 5.74) is 0.669. The smallest absolute Gasteiger partial charge is 0.119 e. The predicted octanol–water partition coefficient (Wildman–Crippen LogP) is 2.03. The van der Waals surface area contributed by atoms with Gasteiger partial charge in [0.1, 0.15) is 12.4 Å². The van der Waals surface area contributed by atoms with Crippen LogP contribution in [0.2, 0.25) is 0 Å². The molecule has 0 aromatic heterocycles. The van der Waals surface area contributed by atoms with E-state index >= 15 is 0 Å². The second-order valence-electron chi connectivity index (χ2n) is 4.20. The van der Waals surface area contributed by atoms with Crippen molar-refractivity contribution in [2.75, 3.05) is 20.2 Å². The zero-order valence-corrected chi connectivity index (χ0v) is 9.52. The molecule has 0 bridgehead atoms. The summed E-state index contributed by atoms with van der Waals surface area (Å²) in [6.45, 7) is 1.67. The normalized spacial score (nSPS) is 14.8. The Morgan fingerprint density at radius 2 is 2.06 bits per heavy atom. The Hall–Kier alpha value is -1.53. The first-order valence-corrected chi connectivity index (χ1v) is 5.63. The van der Waals surface area contributed by atoms with Crippen molar-refractivity contribution >= 4 is 0 Å². The van der Waals surface area contributed by atoms with E-state index in [9.17, 15) is 0 Å². The molecular weight excluding hydrogens is 200 g/mol. The van der Waals surface area contributed by atoms with E-state index in [1.54, 1.807) is 12.1 Å². The molecule has 0 heterocycles. The van der Waals surface area contributed by atoms with Gasteiger partial charge in [-0.25, -0.2) is 0 Å². The van der Waals surface area contributed by atoms with Crippen LogP contribution in [0.5, 0.6) is 5.75 Å². The van der Waals surface area contributed by atoms with Crippen molar-refractivity contribution in [2.45, 2.75) is 18.9 Å². The van der Waals surface area contributed by atoms with E-state index in [2.05, 4.69) is 18.0 Å². The number of hydrogen-bond donors (Lipinski definition) is 0. The van der Waals surface area contributed by atoms with E-state index in [1.807, 2.05) is 12.1 Å². The Morgan fingerprint density at radius 1 is 1.38 bits per heavy atom. The van der Waals surface area contributed by atoms with Gasteiger partial charge in [0, 0.05) is 12.6 Å². The molecule has 1 aliphatic rings. The third-order valence-electron chi connectivity index (χ3n) is 2.87. The van der Waals surface area contributed by atoms with E-state index in [4.69, 9.17) is 10.00 Å². The number of hydrogen-bond acceptors (Lipinski definition) is 3. The minimum Gasteiger partial charge on any atom is -0.492 e. The van der Waals surface area contributed by atoms with Gasteiger partial charge in [-0.3, -0.25) is 0 Å². The molecule has 0 N–H and O–H groups in total. The monoisotopic (exact) mass is 216 g/mol. The molecule has 3 heteroatoms. The minimum atomic E-state index is 0.669. The van der Waals surface area contributed by atoms with Gasteiger partial charge in [0.2, 0.25) is 0 Å². The standard InChI is InChI=1S/C13H16N2O/c1-15(12-4-5-12)8-9-16-13-6-2-11(10-14)3-7-13/h2-3,6-7,12H,4-5,8-9H2,1H3. The van der Waals surface area contributed by atoms with Gasteiger partial charge >= 0.3 is 0 Å². The quantitative estimate of drug-likeness (QED) is 0.755. The Kier molecular flexibility index (Phi) is 3.43. The fourth-order valence-corrected chi connectivity index (χ4v) is 1.63. The summed E-state index contributed by atoms with van der Waals surface area (Å²) < 4.78 is 5.60. The zero-order valence-electron chi connectivity index (χ0n) is 9.52. The molecule has 0 radical (unpaired) electrons. The Labute approximate surface area is 96.2 Å². The highest BCUT2D eigenvalue weighted by Gasteiger charge is 2.25. The highest BCUT2D eigenvalue weighted by atomic mass is 16.5. The van der Waals surface area contributed by atoms with Gasteiger partial charge in [-0.15, -0.1) is 0 Å². The summed E-state index contributed by atoms with van der Waals surface area (Å²) in [7, 11) is 2.14. The van der Waals surface area contributed by atoms with Crippen molar-refractivity contribution < 1.29 is 4.74 Å². The molecule has 0 saturated heterocycles. The van der Waals surface area contributed by atoms with Crippen LogP contribution in [-0.4, -0.2) is 31.1 Å². The average Bonchev–Trinajstić information content (AvgIpc) is 3.14. The fraction of sp³-hybridized carbons (Fsp3) is 0.462. The third-order valence-corrected chi connectivity index (χ3v) is 2.87. The van der Waals surface area contributed by atoms with Crippen molar-refractivity contribution in [3.05, 3.63) is 29.8 Å². The summed E-state index contributed by atoms with van der Waals surface area (Å²) in [6.07, 6.45) is 2.65. The highest BCUT2D eigenvalue weighted by molar-refractivity contribution is 5.34. The molecule has 0 amide bonds. The second kappa shape index (κ2) is 5.00. The van der Waals surface area contributed by atoms with Crippen LogP contribution >= 0.6 is 0 Å². The molecule has 3 nitrogen and oxygen atoms in total. The zero-order chi connectivity index (χ0) is 11.4. The molecule has 0 aliphatic heterocycles. The van der Waals surface area contributed by atoms with E-state index in [-0.39, 0.29) is 0 Å². The van der Waals surface area contributed by atoms with Gasteiger partial charge in [-0.2, -0.15) is 5.26 Å². The van der Waals surface area contributed by atoms with Crippen molar-refractivity contribution in [3.63, 3.8) is 0 Å². The van der Waals surface area contributed by atoms with Crippen molar-refractivity contribution in [1.29, 1.82) is 5.26 Å². The van der Waals surface area contributed by atoms with Gasteiger partial charge in [-0.1, -0.05) is 0 Å². The number of rotatable bonds is 5. The Balaban J connectivity index is 1.74. The number of likely N-dealkylation sites (N-methyl/N-ethyl adjacent to an activating group) is 1. The van der Waals surface area contributed by atoms with Gasteiger partial charge < -0.3 is 9.64 Å². The summed E-state index contributed by atoms with van der Waals surface area (Å²) >= 11 is 0. The van der Waals surface area contributed by atoms with Crippen LogP contribution in [0.3, 0.4) is 0 Å². The SMILES string of the molecule is CN(CCOc1ccc(C#N)cc1)C1CC1. The van der Waals surface area contributed by atoms with Crippen LogP contribution in [-0.2, 0) is 0 Å². The largest absolute Gasteiger partial charge is 0.492 e. The van der Waals surface area contributed by atoms with Crippen molar-refractivity contribution in [3.8, 4) is 11.8 Å².